The highest BCUT2D eigenvalue weighted by molar-refractivity contribution is 5.39. The summed E-state index contributed by atoms with van der Waals surface area (Å²) in [6.45, 7) is 10.1. The second-order valence-corrected chi connectivity index (χ2v) is 5.46. The van der Waals surface area contributed by atoms with Gasteiger partial charge < -0.3 is 10.1 Å². The van der Waals surface area contributed by atoms with Crippen molar-refractivity contribution in [2.45, 2.75) is 40.7 Å². The van der Waals surface area contributed by atoms with Crippen molar-refractivity contribution in [2.24, 2.45) is 0 Å². The van der Waals surface area contributed by atoms with E-state index >= 15 is 0 Å². The van der Waals surface area contributed by atoms with Crippen LogP contribution in [0.3, 0.4) is 0 Å². The molecule has 1 aromatic carbocycles. The van der Waals surface area contributed by atoms with Gasteiger partial charge in [0.25, 0.3) is 0 Å². The fraction of sp³-hybridized carbons (Fsp3) is 0.389. The van der Waals surface area contributed by atoms with Crippen molar-refractivity contribution in [1.82, 2.24) is 10.3 Å². The van der Waals surface area contributed by atoms with Gasteiger partial charge in [0.05, 0.1) is 0 Å². The van der Waals surface area contributed by atoms with Crippen LogP contribution in [0.1, 0.15) is 35.7 Å². The predicted octanol–water partition coefficient (Wildman–Crippen LogP) is 4.30. The minimum atomic E-state index is 0.710. The van der Waals surface area contributed by atoms with Crippen LogP contribution in [0.5, 0.6) is 11.6 Å². The van der Waals surface area contributed by atoms with E-state index in [1.165, 1.54) is 11.1 Å². The third-order valence-electron chi connectivity index (χ3n) is 3.37. The van der Waals surface area contributed by atoms with Crippen LogP contribution >= 0.6 is 0 Å². The maximum Gasteiger partial charge on any atom is 0.224 e. The summed E-state index contributed by atoms with van der Waals surface area (Å²) in [5, 5.41) is 3.43. The standard InChI is InChI=1S/C18H24N2O/c1-5-9-19-12-17-14(3)11-15(4)20-18(17)21-16-8-6-7-13(2)10-16/h6-8,10-11,19H,5,9,12H2,1-4H3. The summed E-state index contributed by atoms with van der Waals surface area (Å²) in [7, 11) is 0. The van der Waals surface area contributed by atoms with E-state index in [4.69, 9.17) is 4.74 Å². The van der Waals surface area contributed by atoms with E-state index in [1.807, 2.05) is 25.1 Å². The molecule has 1 aromatic heterocycles. The van der Waals surface area contributed by atoms with E-state index in [9.17, 15) is 0 Å². The molecule has 0 aliphatic carbocycles. The third kappa shape index (κ3) is 4.30. The molecule has 0 saturated carbocycles. The second-order valence-electron chi connectivity index (χ2n) is 5.46. The number of nitrogens with zero attached hydrogens (tertiary/aromatic N) is 1. The molecule has 1 heterocycles. The molecule has 0 spiro atoms. The summed E-state index contributed by atoms with van der Waals surface area (Å²) in [5.41, 5.74) is 4.52. The van der Waals surface area contributed by atoms with Crippen molar-refractivity contribution in [3.05, 3.63) is 52.7 Å². The summed E-state index contributed by atoms with van der Waals surface area (Å²) in [5.74, 6) is 1.55. The van der Waals surface area contributed by atoms with Crippen LogP contribution in [0.25, 0.3) is 0 Å². The van der Waals surface area contributed by atoms with Crippen molar-refractivity contribution in [3.63, 3.8) is 0 Å². The molecule has 0 saturated heterocycles. The summed E-state index contributed by atoms with van der Waals surface area (Å²) in [6.07, 6.45) is 1.12. The number of pyridine rings is 1. The van der Waals surface area contributed by atoms with Crippen LogP contribution < -0.4 is 10.1 Å². The smallest absolute Gasteiger partial charge is 0.224 e. The van der Waals surface area contributed by atoms with Crippen molar-refractivity contribution in [3.8, 4) is 11.6 Å². The summed E-state index contributed by atoms with van der Waals surface area (Å²) < 4.78 is 6.03. The number of hydrogen-bond donors (Lipinski definition) is 1. The van der Waals surface area contributed by atoms with Gasteiger partial charge in [-0.3, -0.25) is 0 Å². The Kier molecular flexibility index (Phi) is 5.34. The minimum Gasteiger partial charge on any atom is -0.439 e. The molecule has 3 heteroatoms. The molecule has 0 atom stereocenters. The Hall–Kier alpha value is -1.87. The quantitative estimate of drug-likeness (QED) is 0.803. The lowest BCUT2D eigenvalue weighted by Gasteiger charge is -2.14. The lowest BCUT2D eigenvalue weighted by Crippen LogP contribution is -2.16. The summed E-state index contributed by atoms with van der Waals surface area (Å²) >= 11 is 0. The maximum atomic E-state index is 6.03. The molecule has 0 aliphatic heterocycles. The van der Waals surface area contributed by atoms with E-state index in [-0.39, 0.29) is 0 Å². The van der Waals surface area contributed by atoms with Crippen LogP contribution in [0.15, 0.2) is 30.3 Å². The van der Waals surface area contributed by atoms with Gasteiger partial charge >= 0.3 is 0 Å². The first-order chi connectivity index (χ1) is 10.1. The number of aromatic nitrogens is 1. The van der Waals surface area contributed by atoms with Crippen LogP contribution in [-0.2, 0) is 6.54 Å². The molecule has 0 unspecified atom stereocenters. The Morgan fingerprint density at radius 3 is 2.67 bits per heavy atom. The number of benzene rings is 1. The second kappa shape index (κ2) is 7.23. The normalized spacial score (nSPS) is 10.7. The molecule has 21 heavy (non-hydrogen) atoms. The van der Waals surface area contributed by atoms with Gasteiger partial charge in [0.2, 0.25) is 5.88 Å². The Morgan fingerprint density at radius 2 is 1.95 bits per heavy atom. The highest BCUT2D eigenvalue weighted by Crippen LogP contribution is 2.26. The van der Waals surface area contributed by atoms with Gasteiger partial charge in [-0.1, -0.05) is 19.1 Å². The molecule has 3 nitrogen and oxygen atoms in total. The van der Waals surface area contributed by atoms with Gasteiger partial charge in [-0.05, 0) is 63.1 Å². The molecule has 0 fully saturated rings. The van der Waals surface area contributed by atoms with Gasteiger partial charge in [-0.25, -0.2) is 4.98 Å². The first-order valence-electron chi connectivity index (χ1n) is 7.52. The molecule has 2 rings (SSSR count). The Labute approximate surface area is 127 Å². The summed E-state index contributed by atoms with van der Waals surface area (Å²) in [4.78, 5) is 4.58. The number of aryl methyl sites for hydroxylation is 3. The van der Waals surface area contributed by atoms with E-state index in [2.05, 4.69) is 43.2 Å². The Bertz CT molecular complexity index is 608. The molecular weight excluding hydrogens is 260 g/mol. The predicted molar refractivity (Wildman–Crippen MR) is 87.0 cm³/mol. The monoisotopic (exact) mass is 284 g/mol. The molecule has 0 amide bonds. The van der Waals surface area contributed by atoms with Crippen molar-refractivity contribution < 1.29 is 4.74 Å². The first kappa shape index (κ1) is 15.5. The molecular formula is C18H24N2O. The van der Waals surface area contributed by atoms with Crippen LogP contribution in [0.4, 0.5) is 0 Å². The first-order valence-corrected chi connectivity index (χ1v) is 7.52. The van der Waals surface area contributed by atoms with E-state index in [0.29, 0.717) is 5.88 Å². The fourth-order valence-electron chi connectivity index (χ4n) is 2.31. The van der Waals surface area contributed by atoms with Crippen molar-refractivity contribution in [1.29, 1.82) is 0 Å². The number of hydrogen-bond acceptors (Lipinski definition) is 3. The zero-order valence-electron chi connectivity index (χ0n) is 13.4. The third-order valence-corrected chi connectivity index (χ3v) is 3.37. The highest BCUT2D eigenvalue weighted by Gasteiger charge is 2.11. The van der Waals surface area contributed by atoms with Crippen molar-refractivity contribution in [2.75, 3.05) is 6.54 Å². The number of ether oxygens (including phenoxy) is 1. The lowest BCUT2D eigenvalue weighted by molar-refractivity contribution is 0.450. The minimum absolute atomic E-state index is 0.710. The molecule has 2 aromatic rings. The fourth-order valence-corrected chi connectivity index (χ4v) is 2.31. The van der Waals surface area contributed by atoms with E-state index in [1.54, 1.807) is 0 Å². The highest BCUT2D eigenvalue weighted by atomic mass is 16.5. The zero-order valence-corrected chi connectivity index (χ0v) is 13.4. The zero-order chi connectivity index (χ0) is 15.2. The molecule has 112 valence electrons. The average Bonchev–Trinajstić information content (AvgIpc) is 2.42. The van der Waals surface area contributed by atoms with Crippen LogP contribution in [0, 0.1) is 20.8 Å². The molecule has 1 N–H and O–H groups in total. The van der Waals surface area contributed by atoms with Crippen molar-refractivity contribution >= 4 is 0 Å². The van der Waals surface area contributed by atoms with Gasteiger partial charge in [-0.2, -0.15) is 0 Å². The van der Waals surface area contributed by atoms with Gasteiger partial charge in [-0.15, -0.1) is 0 Å². The topological polar surface area (TPSA) is 34.2 Å². The van der Waals surface area contributed by atoms with Crippen LogP contribution in [-0.4, -0.2) is 11.5 Å². The van der Waals surface area contributed by atoms with Crippen LogP contribution in [0.2, 0.25) is 0 Å². The SMILES string of the molecule is CCCNCc1c(C)cc(C)nc1Oc1cccc(C)c1. The number of rotatable bonds is 6. The molecule has 0 aliphatic rings. The van der Waals surface area contributed by atoms with E-state index in [0.717, 1.165) is 36.5 Å². The summed E-state index contributed by atoms with van der Waals surface area (Å²) in [6, 6.07) is 10.2. The van der Waals surface area contributed by atoms with Gasteiger partial charge in [0.1, 0.15) is 5.75 Å². The number of nitrogens with one attached hydrogen (secondary N) is 1. The van der Waals surface area contributed by atoms with Gasteiger partial charge in [0, 0.05) is 17.8 Å². The average molecular weight is 284 g/mol. The van der Waals surface area contributed by atoms with E-state index < -0.39 is 0 Å². The Balaban J connectivity index is 2.27. The molecule has 0 radical (unpaired) electrons. The maximum absolute atomic E-state index is 6.03. The lowest BCUT2D eigenvalue weighted by atomic mass is 10.1. The Morgan fingerprint density at radius 1 is 1.14 bits per heavy atom. The van der Waals surface area contributed by atoms with Gasteiger partial charge in [0.15, 0.2) is 0 Å². The largest absolute Gasteiger partial charge is 0.439 e. The molecule has 0 bridgehead atoms.